The van der Waals surface area contributed by atoms with Crippen LogP contribution in [-0.2, 0) is 17.7 Å². The molecule has 1 aromatic heterocycles. The predicted octanol–water partition coefficient (Wildman–Crippen LogP) is 0.855. The van der Waals surface area contributed by atoms with Crippen LogP contribution in [0, 0.1) is 0 Å². The lowest BCUT2D eigenvalue weighted by molar-refractivity contribution is 0.186. The van der Waals surface area contributed by atoms with E-state index in [1.54, 1.807) is 13.4 Å². The third-order valence-electron chi connectivity index (χ3n) is 2.36. The molecule has 5 nitrogen and oxygen atoms in total. The minimum atomic E-state index is 0.548. The van der Waals surface area contributed by atoms with Gasteiger partial charge in [0.1, 0.15) is 12.2 Å². The summed E-state index contributed by atoms with van der Waals surface area (Å²) in [6, 6.07) is 0.548. The highest BCUT2D eigenvalue weighted by Crippen LogP contribution is 1.99. The van der Waals surface area contributed by atoms with Crippen molar-refractivity contribution in [1.82, 2.24) is 20.1 Å². The Morgan fingerprint density at radius 2 is 2.31 bits per heavy atom. The van der Waals surface area contributed by atoms with Crippen LogP contribution in [0.25, 0.3) is 0 Å². The number of hydrogen-bond donors (Lipinski definition) is 1. The molecule has 0 amide bonds. The van der Waals surface area contributed by atoms with E-state index in [1.165, 1.54) is 0 Å². The first-order valence-electron chi connectivity index (χ1n) is 5.83. The minimum absolute atomic E-state index is 0.548. The van der Waals surface area contributed by atoms with Crippen molar-refractivity contribution in [2.45, 2.75) is 39.3 Å². The molecule has 0 radical (unpaired) electrons. The summed E-state index contributed by atoms with van der Waals surface area (Å²) < 4.78 is 7.09. The highest BCUT2D eigenvalue weighted by molar-refractivity contribution is 4.86. The Bertz CT molecular complexity index is 285. The first-order valence-corrected chi connectivity index (χ1v) is 5.83. The van der Waals surface area contributed by atoms with Gasteiger partial charge in [-0.3, -0.25) is 0 Å². The fourth-order valence-corrected chi connectivity index (χ4v) is 1.49. The molecule has 0 fully saturated rings. The van der Waals surface area contributed by atoms with Crippen molar-refractivity contribution in [2.75, 3.05) is 20.3 Å². The van der Waals surface area contributed by atoms with Gasteiger partial charge in [0.05, 0.1) is 6.61 Å². The first kappa shape index (κ1) is 13.1. The molecule has 5 heteroatoms. The zero-order valence-electron chi connectivity index (χ0n) is 10.4. The molecule has 0 aliphatic carbocycles. The maximum atomic E-state index is 5.04. The summed E-state index contributed by atoms with van der Waals surface area (Å²) in [6.45, 7) is 6.86. The quantitative estimate of drug-likeness (QED) is 0.668. The van der Waals surface area contributed by atoms with Crippen molar-refractivity contribution >= 4 is 0 Å². The summed E-state index contributed by atoms with van der Waals surface area (Å²) in [5.41, 5.74) is 0. The van der Waals surface area contributed by atoms with E-state index in [0.29, 0.717) is 12.6 Å². The zero-order chi connectivity index (χ0) is 11.8. The van der Waals surface area contributed by atoms with Gasteiger partial charge < -0.3 is 14.6 Å². The molecule has 1 N–H and O–H groups in total. The molecule has 0 saturated heterocycles. The van der Waals surface area contributed by atoms with Crippen molar-refractivity contribution in [1.29, 1.82) is 0 Å². The number of rotatable bonds is 8. The molecule has 0 saturated carbocycles. The molecule has 1 rings (SSSR count). The number of hydrogen-bond acceptors (Lipinski definition) is 4. The SMILES string of the molecule is COCCn1cnnc1CCCNC(C)C. The predicted molar refractivity (Wildman–Crippen MR) is 63.4 cm³/mol. The summed E-state index contributed by atoms with van der Waals surface area (Å²) in [5, 5.41) is 11.4. The molecular weight excluding hydrogens is 204 g/mol. The second-order valence-corrected chi connectivity index (χ2v) is 4.15. The summed E-state index contributed by atoms with van der Waals surface area (Å²) in [6.07, 6.45) is 3.82. The standard InChI is InChI=1S/C11H22N4O/c1-10(2)12-6-4-5-11-14-13-9-15(11)7-8-16-3/h9-10,12H,4-8H2,1-3H3. The first-order chi connectivity index (χ1) is 7.74. The van der Waals surface area contributed by atoms with Gasteiger partial charge in [-0.05, 0) is 13.0 Å². The smallest absolute Gasteiger partial charge is 0.132 e. The maximum Gasteiger partial charge on any atom is 0.132 e. The lowest BCUT2D eigenvalue weighted by atomic mass is 10.2. The van der Waals surface area contributed by atoms with E-state index in [9.17, 15) is 0 Å². The van der Waals surface area contributed by atoms with Crippen LogP contribution >= 0.6 is 0 Å². The molecule has 92 valence electrons. The molecule has 0 aliphatic rings. The molecule has 0 spiro atoms. The highest BCUT2D eigenvalue weighted by Gasteiger charge is 2.03. The number of nitrogens with one attached hydrogen (secondary N) is 1. The van der Waals surface area contributed by atoms with Gasteiger partial charge in [0.2, 0.25) is 0 Å². The molecule has 1 heterocycles. The fourth-order valence-electron chi connectivity index (χ4n) is 1.49. The third-order valence-corrected chi connectivity index (χ3v) is 2.36. The highest BCUT2D eigenvalue weighted by atomic mass is 16.5. The minimum Gasteiger partial charge on any atom is -0.383 e. The van der Waals surface area contributed by atoms with E-state index in [-0.39, 0.29) is 0 Å². The van der Waals surface area contributed by atoms with Gasteiger partial charge in [0.25, 0.3) is 0 Å². The normalized spacial score (nSPS) is 11.2. The van der Waals surface area contributed by atoms with Crippen LogP contribution in [0.1, 0.15) is 26.1 Å². The van der Waals surface area contributed by atoms with E-state index in [0.717, 1.165) is 31.8 Å². The fraction of sp³-hybridized carbons (Fsp3) is 0.818. The number of ether oxygens (including phenoxy) is 1. The Morgan fingerprint density at radius 3 is 3.00 bits per heavy atom. The summed E-state index contributed by atoms with van der Waals surface area (Å²) in [7, 11) is 1.70. The molecule has 0 unspecified atom stereocenters. The molecule has 0 aromatic carbocycles. The number of aromatic nitrogens is 3. The van der Waals surface area contributed by atoms with Crippen molar-refractivity contribution in [3.8, 4) is 0 Å². The number of aryl methyl sites for hydroxylation is 1. The van der Waals surface area contributed by atoms with E-state index in [4.69, 9.17) is 4.74 Å². The van der Waals surface area contributed by atoms with Crippen LogP contribution in [0.5, 0.6) is 0 Å². The van der Waals surface area contributed by atoms with Gasteiger partial charge in [0, 0.05) is 26.1 Å². The van der Waals surface area contributed by atoms with Crippen LogP contribution in [0.3, 0.4) is 0 Å². The number of methoxy groups -OCH3 is 1. The van der Waals surface area contributed by atoms with Crippen molar-refractivity contribution in [2.24, 2.45) is 0 Å². The Hall–Kier alpha value is -0.940. The lowest BCUT2D eigenvalue weighted by Crippen LogP contribution is -2.24. The van der Waals surface area contributed by atoms with E-state index in [2.05, 4.69) is 33.9 Å². The van der Waals surface area contributed by atoms with Gasteiger partial charge in [0.15, 0.2) is 0 Å². The Labute approximate surface area is 97.2 Å². The largest absolute Gasteiger partial charge is 0.383 e. The van der Waals surface area contributed by atoms with Gasteiger partial charge >= 0.3 is 0 Å². The second-order valence-electron chi connectivity index (χ2n) is 4.15. The summed E-state index contributed by atoms with van der Waals surface area (Å²) in [5.74, 6) is 1.04. The van der Waals surface area contributed by atoms with Crippen molar-refractivity contribution in [3.63, 3.8) is 0 Å². The topological polar surface area (TPSA) is 52.0 Å². The Balaban J connectivity index is 2.27. The Kier molecular flexibility index (Phi) is 6.03. The molecule has 1 aromatic rings. The molecule has 0 aliphatic heterocycles. The summed E-state index contributed by atoms with van der Waals surface area (Å²) in [4.78, 5) is 0. The van der Waals surface area contributed by atoms with Crippen LogP contribution in [0.4, 0.5) is 0 Å². The van der Waals surface area contributed by atoms with Gasteiger partial charge in [-0.15, -0.1) is 10.2 Å². The van der Waals surface area contributed by atoms with Crippen LogP contribution in [0.15, 0.2) is 6.33 Å². The van der Waals surface area contributed by atoms with Crippen LogP contribution in [-0.4, -0.2) is 41.1 Å². The van der Waals surface area contributed by atoms with E-state index in [1.807, 2.05) is 0 Å². The molecule has 0 atom stereocenters. The Morgan fingerprint density at radius 1 is 1.50 bits per heavy atom. The summed E-state index contributed by atoms with van der Waals surface area (Å²) >= 11 is 0. The van der Waals surface area contributed by atoms with Gasteiger partial charge in [-0.2, -0.15) is 0 Å². The van der Waals surface area contributed by atoms with Gasteiger partial charge in [-0.1, -0.05) is 13.8 Å². The second kappa shape index (κ2) is 7.35. The maximum absolute atomic E-state index is 5.04. The van der Waals surface area contributed by atoms with E-state index >= 15 is 0 Å². The van der Waals surface area contributed by atoms with Crippen LogP contribution in [0.2, 0.25) is 0 Å². The average molecular weight is 226 g/mol. The van der Waals surface area contributed by atoms with Crippen molar-refractivity contribution in [3.05, 3.63) is 12.2 Å². The molecular formula is C11H22N4O. The number of nitrogens with zero attached hydrogens (tertiary/aromatic N) is 3. The van der Waals surface area contributed by atoms with Crippen molar-refractivity contribution < 1.29 is 4.74 Å². The molecule has 16 heavy (non-hydrogen) atoms. The molecule has 0 bridgehead atoms. The zero-order valence-corrected chi connectivity index (χ0v) is 10.4. The van der Waals surface area contributed by atoms with E-state index < -0.39 is 0 Å². The monoisotopic (exact) mass is 226 g/mol. The van der Waals surface area contributed by atoms with Gasteiger partial charge in [-0.25, -0.2) is 0 Å². The third kappa shape index (κ3) is 4.72. The van der Waals surface area contributed by atoms with Crippen LogP contribution < -0.4 is 5.32 Å². The lowest BCUT2D eigenvalue weighted by Gasteiger charge is -2.08. The average Bonchev–Trinajstić information content (AvgIpc) is 2.69.